The lowest BCUT2D eigenvalue weighted by atomic mass is 10.3. The second-order valence-electron chi connectivity index (χ2n) is 3.68. The van der Waals surface area contributed by atoms with Crippen LogP contribution < -0.4 is 10.1 Å². The predicted octanol–water partition coefficient (Wildman–Crippen LogP) is 1.47. The van der Waals surface area contributed by atoms with Gasteiger partial charge < -0.3 is 10.1 Å². The van der Waals surface area contributed by atoms with Crippen molar-refractivity contribution >= 4 is 9.84 Å². The molecule has 0 heterocycles. The highest BCUT2D eigenvalue weighted by atomic mass is 32.2. The summed E-state index contributed by atoms with van der Waals surface area (Å²) >= 11 is 0. The summed E-state index contributed by atoms with van der Waals surface area (Å²) in [4.78, 5) is 0.358. The van der Waals surface area contributed by atoms with E-state index in [1.165, 1.54) is 0 Å². The van der Waals surface area contributed by atoms with E-state index in [4.69, 9.17) is 4.74 Å². The smallest absolute Gasteiger partial charge is 0.178 e. The molecule has 0 aromatic heterocycles. The summed E-state index contributed by atoms with van der Waals surface area (Å²) in [5, 5.41) is 2.93. The Kier molecular flexibility index (Phi) is 5.44. The highest BCUT2D eigenvalue weighted by molar-refractivity contribution is 7.91. The summed E-state index contributed by atoms with van der Waals surface area (Å²) in [5.74, 6) is 0.864. The van der Waals surface area contributed by atoms with E-state index >= 15 is 0 Å². The highest BCUT2D eigenvalue weighted by Gasteiger charge is 2.13. The summed E-state index contributed by atoms with van der Waals surface area (Å²) in [6, 6.07) is 6.57. The molecular formula is C12H19NO3S. The summed E-state index contributed by atoms with van der Waals surface area (Å²) in [5.41, 5.74) is 0. The van der Waals surface area contributed by atoms with Crippen LogP contribution >= 0.6 is 0 Å². The van der Waals surface area contributed by atoms with Crippen molar-refractivity contribution in [3.8, 4) is 5.75 Å². The van der Waals surface area contributed by atoms with Gasteiger partial charge in [-0.3, -0.25) is 0 Å². The molecule has 4 nitrogen and oxygen atoms in total. The van der Waals surface area contributed by atoms with Crippen LogP contribution in [-0.2, 0) is 9.84 Å². The van der Waals surface area contributed by atoms with Gasteiger partial charge in [-0.05, 0) is 51.2 Å². The molecule has 0 aliphatic rings. The predicted molar refractivity (Wildman–Crippen MR) is 68.2 cm³/mol. The minimum Gasteiger partial charge on any atom is -0.494 e. The van der Waals surface area contributed by atoms with Crippen molar-refractivity contribution in [3.05, 3.63) is 24.3 Å². The van der Waals surface area contributed by atoms with Crippen LogP contribution in [-0.4, -0.2) is 34.4 Å². The van der Waals surface area contributed by atoms with Crippen LogP contribution in [0.15, 0.2) is 29.2 Å². The largest absolute Gasteiger partial charge is 0.494 e. The van der Waals surface area contributed by atoms with E-state index < -0.39 is 9.84 Å². The first-order chi connectivity index (χ1) is 8.10. The van der Waals surface area contributed by atoms with Gasteiger partial charge >= 0.3 is 0 Å². The Bertz CT molecular complexity index is 426. The van der Waals surface area contributed by atoms with Crippen LogP contribution in [0, 0.1) is 0 Å². The lowest BCUT2D eigenvalue weighted by molar-refractivity contribution is 0.340. The first-order valence-electron chi connectivity index (χ1n) is 5.70. The summed E-state index contributed by atoms with van der Waals surface area (Å²) in [6.45, 7) is 3.17. The van der Waals surface area contributed by atoms with Crippen LogP contribution in [0.2, 0.25) is 0 Å². The van der Waals surface area contributed by atoms with Gasteiger partial charge in [-0.25, -0.2) is 8.42 Å². The maximum Gasteiger partial charge on any atom is 0.178 e. The topological polar surface area (TPSA) is 55.4 Å². The zero-order chi connectivity index (χ0) is 12.7. The summed E-state index contributed by atoms with van der Waals surface area (Å²) in [6.07, 6.45) is 0.617. The van der Waals surface area contributed by atoms with Crippen molar-refractivity contribution in [2.45, 2.75) is 18.2 Å². The number of hydrogen-bond donors (Lipinski definition) is 1. The molecule has 0 aliphatic carbocycles. The first kappa shape index (κ1) is 14.0. The molecule has 0 spiro atoms. The molecule has 0 amide bonds. The van der Waals surface area contributed by atoms with Crippen molar-refractivity contribution in [1.29, 1.82) is 0 Å². The van der Waals surface area contributed by atoms with Crippen LogP contribution in [0.4, 0.5) is 0 Å². The van der Waals surface area contributed by atoms with E-state index in [-0.39, 0.29) is 5.75 Å². The van der Waals surface area contributed by atoms with Crippen molar-refractivity contribution in [1.82, 2.24) is 5.32 Å². The quantitative estimate of drug-likeness (QED) is 0.752. The molecule has 0 bridgehead atoms. The van der Waals surface area contributed by atoms with E-state index in [0.29, 0.717) is 30.2 Å². The molecule has 1 aromatic carbocycles. The van der Waals surface area contributed by atoms with Gasteiger partial charge in [0.25, 0.3) is 0 Å². The Morgan fingerprint density at radius 1 is 1.24 bits per heavy atom. The third kappa shape index (κ3) is 4.36. The third-order valence-corrected chi connectivity index (χ3v) is 4.15. The maximum atomic E-state index is 11.9. The molecule has 0 aliphatic heterocycles. The number of hydrogen-bond acceptors (Lipinski definition) is 4. The molecule has 0 saturated carbocycles. The van der Waals surface area contributed by atoms with Crippen LogP contribution in [0.5, 0.6) is 5.75 Å². The normalized spacial score (nSPS) is 11.4. The fourth-order valence-corrected chi connectivity index (χ4v) is 2.78. The summed E-state index contributed by atoms with van der Waals surface area (Å²) in [7, 11) is -1.35. The molecule has 0 radical (unpaired) electrons. The molecular weight excluding hydrogens is 238 g/mol. The molecule has 1 aromatic rings. The lowest BCUT2D eigenvalue weighted by Crippen LogP contribution is -2.14. The molecule has 1 rings (SSSR count). The number of sulfone groups is 1. The monoisotopic (exact) mass is 257 g/mol. The van der Waals surface area contributed by atoms with Gasteiger partial charge in [0.2, 0.25) is 0 Å². The van der Waals surface area contributed by atoms with E-state index in [0.717, 1.165) is 0 Å². The van der Waals surface area contributed by atoms with Crippen LogP contribution in [0.1, 0.15) is 13.3 Å². The van der Waals surface area contributed by atoms with Gasteiger partial charge in [0.15, 0.2) is 9.84 Å². The number of rotatable bonds is 7. The van der Waals surface area contributed by atoms with E-state index in [2.05, 4.69) is 5.32 Å². The Balaban J connectivity index is 2.71. The Morgan fingerprint density at radius 2 is 1.88 bits per heavy atom. The summed E-state index contributed by atoms with van der Waals surface area (Å²) < 4.78 is 29.1. The number of benzene rings is 1. The lowest BCUT2D eigenvalue weighted by Gasteiger charge is -2.06. The highest BCUT2D eigenvalue weighted by Crippen LogP contribution is 2.17. The average molecular weight is 257 g/mol. The van der Waals surface area contributed by atoms with Gasteiger partial charge in [-0.2, -0.15) is 0 Å². The molecule has 0 unspecified atom stereocenters. The molecule has 0 fully saturated rings. The minimum atomic E-state index is -3.16. The fourth-order valence-electron chi connectivity index (χ4n) is 1.47. The zero-order valence-corrected chi connectivity index (χ0v) is 11.1. The van der Waals surface area contributed by atoms with Gasteiger partial charge in [0, 0.05) is 0 Å². The second kappa shape index (κ2) is 6.61. The molecule has 0 atom stereocenters. The van der Waals surface area contributed by atoms with Crippen LogP contribution in [0.25, 0.3) is 0 Å². The zero-order valence-electron chi connectivity index (χ0n) is 10.3. The molecule has 17 heavy (non-hydrogen) atoms. The van der Waals surface area contributed by atoms with Crippen molar-refractivity contribution in [2.24, 2.45) is 0 Å². The maximum absolute atomic E-state index is 11.9. The van der Waals surface area contributed by atoms with E-state index in [1.807, 2.05) is 14.0 Å². The molecule has 5 heteroatoms. The van der Waals surface area contributed by atoms with Crippen molar-refractivity contribution < 1.29 is 13.2 Å². The van der Waals surface area contributed by atoms with E-state index in [9.17, 15) is 8.42 Å². The van der Waals surface area contributed by atoms with Crippen molar-refractivity contribution in [2.75, 3.05) is 26.0 Å². The third-order valence-electron chi connectivity index (χ3n) is 2.33. The molecule has 1 N–H and O–H groups in total. The first-order valence-corrected chi connectivity index (χ1v) is 7.35. The Hall–Kier alpha value is -1.07. The minimum absolute atomic E-state index is 0.168. The molecule has 96 valence electrons. The molecule has 0 saturated heterocycles. The fraction of sp³-hybridized carbons (Fsp3) is 0.500. The Labute approximate surface area is 103 Å². The number of ether oxygens (including phenoxy) is 1. The van der Waals surface area contributed by atoms with Gasteiger partial charge in [-0.15, -0.1) is 0 Å². The van der Waals surface area contributed by atoms with Crippen LogP contribution in [0.3, 0.4) is 0 Å². The standard InChI is InChI=1S/C12H19NO3S/c1-3-16-11-5-7-12(8-6-11)17(14,15)10-4-9-13-2/h5-8,13H,3-4,9-10H2,1-2H3. The van der Waals surface area contributed by atoms with E-state index in [1.54, 1.807) is 24.3 Å². The Morgan fingerprint density at radius 3 is 2.41 bits per heavy atom. The van der Waals surface area contributed by atoms with Crippen molar-refractivity contribution in [3.63, 3.8) is 0 Å². The SMILES string of the molecule is CCOc1ccc(S(=O)(=O)CCCNC)cc1. The number of nitrogens with one attached hydrogen (secondary N) is 1. The second-order valence-corrected chi connectivity index (χ2v) is 5.79. The van der Waals surface area contributed by atoms with Gasteiger partial charge in [-0.1, -0.05) is 0 Å². The van der Waals surface area contributed by atoms with Gasteiger partial charge in [0.1, 0.15) is 5.75 Å². The average Bonchev–Trinajstić information content (AvgIpc) is 2.30. The van der Waals surface area contributed by atoms with Gasteiger partial charge in [0.05, 0.1) is 17.3 Å².